The average Bonchev–Trinajstić information content (AvgIpc) is 3.43. The van der Waals surface area contributed by atoms with Gasteiger partial charge in [-0.1, -0.05) is 24.3 Å². The summed E-state index contributed by atoms with van der Waals surface area (Å²) in [6.45, 7) is 2.36. The molecule has 10 heteroatoms. The number of aromatic nitrogens is 4. The number of nitrogens with zero attached hydrogens (tertiary/aromatic N) is 5. The van der Waals surface area contributed by atoms with E-state index in [0.717, 1.165) is 5.69 Å². The molecule has 0 unspecified atom stereocenters. The van der Waals surface area contributed by atoms with E-state index in [2.05, 4.69) is 26.8 Å². The predicted molar refractivity (Wildman–Crippen MR) is 130 cm³/mol. The van der Waals surface area contributed by atoms with Crippen molar-refractivity contribution < 1.29 is 9.18 Å². The summed E-state index contributed by atoms with van der Waals surface area (Å²) in [6.07, 6.45) is 4.35. The largest absolute Gasteiger partial charge is 0.382 e. The first-order valence-electron chi connectivity index (χ1n) is 11.1. The number of imidazole rings is 1. The Kier molecular flexibility index (Phi) is 7.07. The molecule has 2 aromatic carbocycles. The molecular weight excluding hydrogens is 447 g/mol. The molecular formula is C25H25FN8O. The number of nitrogen functional groups attached to an aromatic ring is 1. The van der Waals surface area contributed by atoms with Crippen LogP contribution in [0.3, 0.4) is 0 Å². The van der Waals surface area contributed by atoms with E-state index in [1.54, 1.807) is 40.7 Å². The van der Waals surface area contributed by atoms with Crippen molar-refractivity contribution in [1.29, 1.82) is 5.26 Å². The van der Waals surface area contributed by atoms with Gasteiger partial charge in [-0.05, 0) is 49.6 Å². The third kappa shape index (κ3) is 5.30. The van der Waals surface area contributed by atoms with Crippen LogP contribution in [0.25, 0.3) is 11.4 Å². The number of carbonyl (C=O) groups is 1. The number of hydrogen-bond donors (Lipinski definition) is 3. The van der Waals surface area contributed by atoms with E-state index in [-0.39, 0.29) is 12.6 Å². The van der Waals surface area contributed by atoms with Gasteiger partial charge in [-0.25, -0.2) is 18.9 Å². The smallest absolute Gasteiger partial charge is 0.315 e. The minimum atomic E-state index is -0.395. The van der Waals surface area contributed by atoms with E-state index in [0.29, 0.717) is 53.5 Å². The lowest BCUT2D eigenvalue weighted by molar-refractivity contribution is 0.240. The van der Waals surface area contributed by atoms with E-state index in [4.69, 9.17) is 5.73 Å². The van der Waals surface area contributed by atoms with Gasteiger partial charge in [0.1, 0.15) is 29.1 Å². The molecule has 178 valence electrons. The molecule has 0 radical (unpaired) electrons. The Morgan fingerprint density at radius 3 is 2.69 bits per heavy atom. The van der Waals surface area contributed by atoms with Gasteiger partial charge in [0, 0.05) is 25.5 Å². The van der Waals surface area contributed by atoms with Crippen molar-refractivity contribution in [3.05, 3.63) is 89.4 Å². The Balaban J connectivity index is 1.26. The Labute approximate surface area is 202 Å². The number of benzene rings is 2. The van der Waals surface area contributed by atoms with E-state index < -0.39 is 5.82 Å². The number of nitriles is 1. The van der Waals surface area contributed by atoms with Gasteiger partial charge in [0.25, 0.3) is 0 Å². The monoisotopic (exact) mass is 472 g/mol. The quantitative estimate of drug-likeness (QED) is 0.339. The predicted octanol–water partition coefficient (Wildman–Crippen LogP) is 3.39. The molecule has 2 aromatic heterocycles. The fourth-order valence-electron chi connectivity index (χ4n) is 3.73. The Morgan fingerprint density at radius 1 is 1.20 bits per heavy atom. The summed E-state index contributed by atoms with van der Waals surface area (Å²) in [6, 6.07) is 15.9. The number of aryl methyl sites for hydroxylation is 2. The first kappa shape index (κ1) is 23.5. The molecule has 0 bridgehead atoms. The second kappa shape index (κ2) is 10.5. The van der Waals surface area contributed by atoms with E-state index in [1.165, 1.54) is 6.07 Å². The van der Waals surface area contributed by atoms with E-state index in [9.17, 15) is 14.4 Å². The van der Waals surface area contributed by atoms with Gasteiger partial charge >= 0.3 is 6.03 Å². The van der Waals surface area contributed by atoms with Crippen LogP contribution in [0.15, 0.2) is 60.9 Å². The molecule has 2 heterocycles. The van der Waals surface area contributed by atoms with E-state index in [1.807, 2.05) is 30.3 Å². The van der Waals surface area contributed by atoms with Crippen molar-refractivity contribution in [2.45, 2.75) is 26.3 Å². The van der Waals surface area contributed by atoms with Gasteiger partial charge in [0.15, 0.2) is 0 Å². The van der Waals surface area contributed by atoms with Crippen LogP contribution < -0.4 is 16.4 Å². The molecule has 0 fully saturated rings. The van der Waals surface area contributed by atoms with Crippen LogP contribution in [0.4, 0.5) is 15.0 Å². The van der Waals surface area contributed by atoms with Crippen molar-refractivity contribution in [3.8, 4) is 17.4 Å². The number of halogens is 1. The molecule has 4 aromatic rings. The first-order valence-corrected chi connectivity index (χ1v) is 11.1. The lowest BCUT2D eigenvalue weighted by atomic mass is 10.1. The second-order valence-electron chi connectivity index (χ2n) is 7.91. The zero-order valence-corrected chi connectivity index (χ0v) is 19.2. The third-order valence-electron chi connectivity index (χ3n) is 5.53. The number of para-hydroxylation sites is 1. The molecule has 35 heavy (non-hydrogen) atoms. The fourth-order valence-corrected chi connectivity index (χ4v) is 3.73. The summed E-state index contributed by atoms with van der Waals surface area (Å²) >= 11 is 0. The Hall–Kier alpha value is -4.65. The molecule has 9 nitrogen and oxygen atoms in total. The van der Waals surface area contributed by atoms with Crippen molar-refractivity contribution in [3.63, 3.8) is 0 Å². The molecule has 0 saturated heterocycles. The maximum atomic E-state index is 14.5. The molecule has 4 N–H and O–H groups in total. The van der Waals surface area contributed by atoms with Gasteiger partial charge in [-0.15, -0.1) is 0 Å². The van der Waals surface area contributed by atoms with Crippen LogP contribution in [0.1, 0.15) is 29.1 Å². The molecule has 0 saturated carbocycles. The topological polar surface area (TPSA) is 127 Å². The number of nitrogens with two attached hydrogens (primary N) is 1. The van der Waals surface area contributed by atoms with Crippen molar-refractivity contribution in [1.82, 2.24) is 30.0 Å². The van der Waals surface area contributed by atoms with Crippen LogP contribution in [0.2, 0.25) is 0 Å². The van der Waals surface area contributed by atoms with Crippen LogP contribution in [-0.4, -0.2) is 31.9 Å². The van der Waals surface area contributed by atoms with Crippen LogP contribution in [0.5, 0.6) is 0 Å². The van der Waals surface area contributed by atoms with E-state index >= 15 is 0 Å². The zero-order chi connectivity index (χ0) is 24.8. The van der Waals surface area contributed by atoms with Crippen LogP contribution in [0, 0.1) is 24.1 Å². The van der Waals surface area contributed by atoms with Crippen molar-refractivity contribution in [2.75, 3.05) is 12.3 Å². The lowest BCUT2D eigenvalue weighted by Crippen LogP contribution is -2.35. The maximum Gasteiger partial charge on any atom is 0.315 e. The number of amides is 2. The molecule has 0 spiro atoms. The van der Waals surface area contributed by atoms with Gasteiger partial charge in [0.05, 0.1) is 17.1 Å². The number of carbonyl (C=O) groups excluding carboxylic acids is 1. The van der Waals surface area contributed by atoms with Gasteiger partial charge in [-0.3, -0.25) is 0 Å². The van der Waals surface area contributed by atoms with Gasteiger partial charge in [0.2, 0.25) is 0 Å². The summed E-state index contributed by atoms with van der Waals surface area (Å²) in [4.78, 5) is 16.3. The summed E-state index contributed by atoms with van der Waals surface area (Å²) in [5.41, 5.74) is 8.86. The minimum absolute atomic E-state index is 0.183. The maximum absolute atomic E-state index is 14.5. The Bertz CT molecular complexity index is 1370. The molecule has 4 rings (SSSR count). The molecule has 0 atom stereocenters. The molecule has 0 aliphatic carbocycles. The minimum Gasteiger partial charge on any atom is -0.382 e. The average molecular weight is 473 g/mol. The fraction of sp³-hybridized carbons (Fsp3) is 0.200. The number of rotatable bonds is 8. The highest BCUT2D eigenvalue weighted by molar-refractivity contribution is 5.73. The van der Waals surface area contributed by atoms with Crippen molar-refractivity contribution >= 4 is 11.8 Å². The zero-order valence-electron chi connectivity index (χ0n) is 19.2. The SMILES string of the molecule is Cc1nccn1-c1ccc(CNC(=O)NCCCc2nn(-c3ccccc3)c(N)c2C#N)cc1F. The molecule has 2 amide bonds. The first-order chi connectivity index (χ1) is 17.0. The summed E-state index contributed by atoms with van der Waals surface area (Å²) < 4.78 is 17.7. The van der Waals surface area contributed by atoms with Crippen LogP contribution in [-0.2, 0) is 13.0 Å². The summed E-state index contributed by atoms with van der Waals surface area (Å²) in [5, 5.41) is 19.5. The normalized spacial score (nSPS) is 10.7. The molecule has 0 aliphatic heterocycles. The molecule has 0 aliphatic rings. The number of anilines is 1. The summed E-state index contributed by atoms with van der Waals surface area (Å²) in [5.74, 6) is 0.583. The third-order valence-corrected chi connectivity index (χ3v) is 5.53. The summed E-state index contributed by atoms with van der Waals surface area (Å²) in [7, 11) is 0. The number of hydrogen-bond acceptors (Lipinski definition) is 5. The van der Waals surface area contributed by atoms with Gasteiger partial charge < -0.3 is 20.9 Å². The number of urea groups is 1. The number of nitrogens with one attached hydrogen (secondary N) is 2. The highest BCUT2D eigenvalue weighted by Crippen LogP contribution is 2.21. The highest BCUT2D eigenvalue weighted by atomic mass is 19.1. The Morgan fingerprint density at radius 2 is 2.00 bits per heavy atom. The van der Waals surface area contributed by atoms with Crippen LogP contribution >= 0.6 is 0 Å². The van der Waals surface area contributed by atoms with Crippen molar-refractivity contribution in [2.24, 2.45) is 0 Å². The van der Waals surface area contributed by atoms with Gasteiger partial charge in [-0.2, -0.15) is 10.4 Å². The highest BCUT2D eigenvalue weighted by Gasteiger charge is 2.16. The second-order valence-corrected chi connectivity index (χ2v) is 7.91. The lowest BCUT2D eigenvalue weighted by Gasteiger charge is -2.10. The standard InChI is InChI=1S/C25H25FN8O/c1-17-29-12-13-33(17)23-10-9-18(14-21(23)26)16-31-25(35)30-11-5-8-22-20(15-27)24(28)34(32-22)19-6-3-2-4-7-19/h2-4,6-7,9-10,12-14H,5,8,11,16,28H2,1H3,(H2,30,31,35).